The highest BCUT2D eigenvalue weighted by molar-refractivity contribution is 6.31. The fourth-order valence-electron chi connectivity index (χ4n) is 3.60. The fourth-order valence-corrected chi connectivity index (χ4v) is 3.77. The summed E-state index contributed by atoms with van der Waals surface area (Å²) in [6.45, 7) is 0.867. The number of alkyl halides is 3. The van der Waals surface area contributed by atoms with Crippen molar-refractivity contribution in [1.29, 1.82) is 0 Å². The van der Waals surface area contributed by atoms with Gasteiger partial charge in [-0.15, -0.1) is 0 Å². The van der Waals surface area contributed by atoms with Crippen LogP contribution in [0.15, 0.2) is 48.5 Å². The third-order valence-electron chi connectivity index (χ3n) is 5.00. The Balaban J connectivity index is 1.68. The summed E-state index contributed by atoms with van der Waals surface area (Å²) in [4.78, 5) is 15.3. The van der Waals surface area contributed by atoms with Crippen molar-refractivity contribution in [1.82, 2.24) is 10.3 Å². The zero-order chi connectivity index (χ0) is 20.6. The second-order valence-electron chi connectivity index (χ2n) is 6.97. The van der Waals surface area contributed by atoms with Crippen LogP contribution in [0.5, 0.6) is 0 Å². The van der Waals surface area contributed by atoms with E-state index >= 15 is 0 Å². The summed E-state index contributed by atoms with van der Waals surface area (Å²) in [5.41, 5.74) is 1.49. The summed E-state index contributed by atoms with van der Waals surface area (Å²) >= 11 is 6.05. The van der Waals surface area contributed by atoms with E-state index in [1.165, 1.54) is 12.1 Å². The number of amides is 1. The van der Waals surface area contributed by atoms with E-state index in [9.17, 15) is 18.0 Å². The second-order valence-corrected chi connectivity index (χ2v) is 7.41. The Kier molecular flexibility index (Phi) is 5.08. The first-order valence-electron chi connectivity index (χ1n) is 9.07. The molecule has 2 heterocycles. The number of benzene rings is 2. The molecule has 3 aromatic rings. The van der Waals surface area contributed by atoms with Gasteiger partial charge in [0.05, 0.1) is 5.52 Å². The minimum Gasteiger partial charge on any atom is -0.380 e. The van der Waals surface area contributed by atoms with Gasteiger partial charge >= 0.3 is 6.18 Å². The number of carbonyl (C=O) groups excluding carboxylic acids is 1. The number of anilines is 1. The molecule has 1 aliphatic rings. The normalized spacial score (nSPS) is 16.8. The van der Waals surface area contributed by atoms with Crippen LogP contribution in [0.3, 0.4) is 0 Å². The smallest absolute Gasteiger partial charge is 0.380 e. The second kappa shape index (κ2) is 7.55. The number of rotatable bonds is 4. The number of fused-ring (bicyclic) bond motifs is 1. The van der Waals surface area contributed by atoms with Gasteiger partial charge in [-0.25, -0.2) is 4.98 Å². The average Bonchev–Trinajstić information content (AvgIpc) is 3.11. The van der Waals surface area contributed by atoms with Crippen LogP contribution in [0.4, 0.5) is 18.9 Å². The van der Waals surface area contributed by atoms with E-state index in [0.717, 1.165) is 17.2 Å². The largest absolute Gasteiger partial charge is 0.433 e. The molecule has 1 aromatic heterocycles. The lowest BCUT2D eigenvalue weighted by molar-refractivity contribution is -0.140. The van der Waals surface area contributed by atoms with Gasteiger partial charge in [0.1, 0.15) is 5.69 Å². The van der Waals surface area contributed by atoms with Crippen molar-refractivity contribution in [3.05, 3.63) is 70.4 Å². The first kappa shape index (κ1) is 19.5. The molecule has 2 N–H and O–H groups in total. The molecule has 1 fully saturated rings. The number of nitrogens with zero attached hydrogens (tertiary/aromatic N) is 1. The Morgan fingerprint density at radius 1 is 1.17 bits per heavy atom. The number of aromatic nitrogens is 1. The van der Waals surface area contributed by atoms with Crippen LogP contribution in [0.25, 0.3) is 10.9 Å². The van der Waals surface area contributed by atoms with E-state index in [-0.39, 0.29) is 17.3 Å². The summed E-state index contributed by atoms with van der Waals surface area (Å²) in [6.07, 6.45) is -4.15. The van der Waals surface area contributed by atoms with Gasteiger partial charge in [-0.1, -0.05) is 35.9 Å². The third-order valence-corrected chi connectivity index (χ3v) is 5.24. The first-order valence-corrected chi connectivity index (χ1v) is 9.45. The Bertz CT molecular complexity index is 1080. The average molecular weight is 420 g/mol. The number of nitrogens with one attached hydrogen (secondary N) is 2. The van der Waals surface area contributed by atoms with Crippen LogP contribution < -0.4 is 10.6 Å². The summed E-state index contributed by atoms with van der Waals surface area (Å²) in [5, 5.41) is 6.86. The summed E-state index contributed by atoms with van der Waals surface area (Å²) in [5.74, 6) is 0.0530. The van der Waals surface area contributed by atoms with Gasteiger partial charge in [-0.2, -0.15) is 13.2 Å². The molecule has 150 valence electrons. The predicted molar refractivity (Wildman–Crippen MR) is 106 cm³/mol. The minimum atomic E-state index is -4.56. The van der Waals surface area contributed by atoms with Crippen molar-refractivity contribution in [3.8, 4) is 0 Å². The van der Waals surface area contributed by atoms with E-state index in [1.54, 1.807) is 6.07 Å². The van der Waals surface area contributed by atoms with Gasteiger partial charge in [0.2, 0.25) is 5.91 Å². The highest BCUT2D eigenvalue weighted by Gasteiger charge is 2.33. The standard InChI is InChI=1S/C21H17ClF3N3O/c22-14-5-6-17-16(8-14)18(9-19(28-17)21(23,24)25)26-10-12-3-1-2-4-15(12)13-7-20(29)27-11-13/h1-6,8-9,13H,7,10-11H2,(H,26,28)(H,27,29). The van der Waals surface area contributed by atoms with Gasteiger partial charge < -0.3 is 10.6 Å². The fraction of sp³-hybridized carbons (Fsp3) is 0.238. The maximum Gasteiger partial charge on any atom is 0.433 e. The monoisotopic (exact) mass is 419 g/mol. The highest BCUT2D eigenvalue weighted by Crippen LogP contribution is 2.34. The minimum absolute atomic E-state index is 0.00218. The van der Waals surface area contributed by atoms with E-state index in [1.807, 2.05) is 24.3 Å². The zero-order valence-electron chi connectivity index (χ0n) is 15.2. The van der Waals surface area contributed by atoms with E-state index in [4.69, 9.17) is 11.6 Å². The molecule has 1 amide bonds. The molecule has 1 aliphatic heterocycles. The van der Waals surface area contributed by atoms with Crippen molar-refractivity contribution in [2.45, 2.75) is 25.1 Å². The molecule has 4 rings (SSSR count). The molecule has 0 saturated carbocycles. The van der Waals surface area contributed by atoms with Crippen LogP contribution in [-0.4, -0.2) is 17.4 Å². The first-order chi connectivity index (χ1) is 13.8. The lowest BCUT2D eigenvalue weighted by atomic mass is 9.93. The number of carbonyl (C=O) groups is 1. The summed E-state index contributed by atoms with van der Waals surface area (Å²) in [6, 6.07) is 13.2. The molecular weight excluding hydrogens is 403 g/mol. The molecule has 29 heavy (non-hydrogen) atoms. The van der Waals surface area contributed by atoms with Crippen molar-refractivity contribution in [2.75, 3.05) is 11.9 Å². The Morgan fingerprint density at radius 3 is 2.69 bits per heavy atom. The van der Waals surface area contributed by atoms with E-state index in [2.05, 4.69) is 15.6 Å². The van der Waals surface area contributed by atoms with Gasteiger partial charge in [-0.3, -0.25) is 4.79 Å². The van der Waals surface area contributed by atoms with Crippen LogP contribution in [0.1, 0.15) is 29.2 Å². The molecule has 0 radical (unpaired) electrons. The lowest BCUT2D eigenvalue weighted by Crippen LogP contribution is -2.14. The van der Waals surface area contributed by atoms with E-state index in [0.29, 0.717) is 35.6 Å². The van der Waals surface area contributed by atoms with Crippen molar-refractivity contribution in [3.63, 3.8) is 0 Å². The molecule has 0 bridgehead atoms. The molecule has 1 atom stereocenters. The zero-order valence-corrected chi connectivity index (χ0v) is 15.9. The topological polar surface area (TPSA) is 54.0 Å². The van der Waals surface area contributed by atoms with Crippen LogP contribution in [0.2, 0.25) is 5.02 Å². The number of halogens is 4. The van der Waals surface area contributed by atoms with Crippen LogP contribution in [0, 0.1) is 0 Å². The molecule has 0 aliphatic carbocycles. The maximum atomic E-state index is 13.3. The van der Waals surface area contributed by atoms with E-state index < -0.39 is 11.9 Å². The molecule has 8 heteroatoms. The number of hydrogen-bond donors (Lipinski definition) is 2. The third kappa shape index (κ3) is 4.15. The van der Waals surface area contributed by atoms with Crippen molar-refractivity contribution < 1.29 is 18.0 Å². The maximum absolute atomic E-state index is 13.3. The SMILES string of the molecule is O=C1CC(c2ccccc2CNc2cc(C(F)(F)F)nc3ccc(Cl)cc23)CN1. The van der Waals surface area contributed by atoms with Gasteiger partial charge in [0.15, 0.2) is 0 Å². The summed E-state index contributed by atoms with van der Waals surface area (Å²) in [7, 11) is 0. The molecule has 1 saturated heterocycles. The molecular formula is C21H17ClF3N3O. The Hall–Kier alpha value is -2.80. The predicted octanol–water partition coefficient (Wildman–Crippen LogP) is 5.12. The highest BCUT2D eigenvalue weighted by atomic mass is 35.5. The quantitative estimate of drug-likeness (QED) is 0.617. The number of pyridine rings is 1. The van der Waals surface area contributed by atoms with Gasteiger partial charge in [-0.05, 0) is 35.4 Å². The van der Waals surface area contributed by atoms with Crippen molar-refractivity contribution >= 4 is 34.1 Å². The van der Waals surface area contributed by atoms with Crippen molar-refractivity contribution in [2.24, 2.45) is 0 Å². The van der Waals surface area contributed by atoms with Crippen LogP contribution in [-0.2, 0) is 17.5 Å². The molecule has 0 spiro atoms. The van der Waals surface area contributed by atoms with Gasteiger partial charge in [0, 0.05) is 41.5 Å². The lowest BCUT2D eigenvalue weighted by Gasteiger charge is -2.17. The summed E-state index contributed by atoms with van der Waals surface area (Å²) < 4.78 is 39.9. The molecule has 1 unspecified atom stereocenters. The number of hydrogen-bond acceptors (Lipinski definition) is 3. The Labute approximate surface area is 170 Å². The molecule has 2 aromatic carbocycles. The molecule has 4 nitrogen and oxygen atoms in total. The van der Waals surface area contributed by atoms with Crippen LogP contribution >= 0.6 is 11.6 Å². The Morgan fingerprint density at radius 2 is 1.97 bits per heavy atom. The van der Waals surface area contributed by atoms with Gasteiger partial charge in [0.25, 0.3) is 0 Å².